The van der Waals surface area contributed by atoms with E-state index in [0.717, 1.165) is 29.2 Å². The minimum absolute atomic E-state index is 0.0596. The fourth-order valence-corrected chi connectivity index (χ4v) is 2.40. The molecule has 0 spiro atoms. The van der Waals surface area contributed by atoms with Crippen molar-refractivity contribution in [1.82, 2.24) is 9.78 Å². The minimum atomic E-state index is -4.55. The van der Waals surface area contributed by atoms with Crippen LogP contribution in [0, 0.1) is 12.8 Å². The molecule has 5 nitrogen and oxygen atoms in total. The van der Waals surface area contributed by atoms with E-state index in [2.05, 4.69) is 10.4 Å². The molecule has 0 unspecified atom stereocenters. The Balaban J connectivity index is 1.82. The maximum atomic E-state index is 12.8. The number of aromatic nitrogens is 2. The third-order valence-electron chi connectivity index (χ3n) is 3.92. The zero-order chi connectivity index (χ0) is 18.2. The van der Waals surface area contributed by atoms with Crippen molar-refractivity contribution in [2.45, 2.75) is 32.4 Å². The van der Waals surface area contributed by atoms with E-state index in [1.807, 2.05) is 6.92 Å². The van der Waals surface area contributed by atoms with E-state index in [-0.39, 0.29) is 17.5 Å². The van der Waals surface area contributed by atoms with Gasteiger partial charge in [0.15, 0.2) is 11.4 Å². The summed E-state index contributed by atoms with van der Waals surface area (Å²) < 4.78 is 44.9. The molecule has 1 amide bonds. The minimum Gasteiger partial charge on any atom is -0.437 e. The monoisotopic (exact) mass is 353 g/mol. The van der Waals surface area contributed by atoms with Gasteiger partial charge in [0.1, 0.15) is 0 Å². The Morgan fingerprint density at radius 2 is 2.08 bits per heavy atom. The molecule has 0 radical (unpaired) electrons. The Hall–Kier alpha value is -2.51. The van der Waals surface area contributed by atoms with Crippen LogP contribution < -0.4 is 10.1 Å². The topological polar surface area (TPSA) is 56.1 Å². The van der Waals surface area contributed by atoms with E-state index in [4.69, 9.17) is 4.74 Å². The lowest BCUT2D eigenvalue weighted by Crippen LogP contribution is -2.12. The first-order valence-electron chi connectivity index (χ1n) is 7.92. The molecular formula is C17H18F3N3O2. The summed E-state index contributed by atoms with van der Waals surface area (Å²) in [5.41, 5.74) is 0.247. The van der Waals surface area contributed by atoms with Crippen LogP contribution in [0.3, 0.4) is 0 Å². The number of hydrogen-bond donors (Lipinski definition) is 1. The quantitative estimate of drug-likeness (QED) is 0.873. The molecular weight excluding hydrogens is 335 g/mol. The smallest absolute Gasteiger partial charge is 0.435 e. The Kier molecular flexibility index (Phi) is 4.45. The van der Waals surface area contributed by atoms with Gasteiger partial charge in [-0.15, -0.1) is 0 Å². The molecule has 0 saturated heterocycles. The van der Waals surface area contributed by atoms with Gasteiger partial charge >= 0.3 is 6.18 Å². The lowest BCUT2D eigenvalue weighted by Gasteiger charge is -2.13. The molecule has 0 bridgehead atoms. The first-order valence-corrected chi connectivity index (χ1v) is 7.92. The predicted molar refractivity (Wildman–Crippen MR) is 85.4 cm³/mol. The number of alkyl halides is 3. The number of carbonyl (C=O) groups excluding carboxylic acids is 1. The molecule has 1 saturated carbocycles. The van der Waals surface area contributed by atoms with Gasteiger partial charge in [0.2, 0.25) is 11.8 Å². The molecule has 8 heteroatoms. The van der Waals surface area contributed by atoms with E-state index in [1.165, 1.54) is 7.05 Å². The van der Waals surface area contributed by atoms with Crippen molar-refractivity contribution in [2.75, 3.05) is 5.32 Å². The molecule has 2 aromatic rings. The van der Waals surface area contributed by atoms with E-state index in [1.54, 1.807) is 18.2 Å². The van der Waals surface area contributed by atoms with Crippen LogP contribution in [0.1, 0.15) is 30.5 Å². The predicted octanol–water partition coefficient (Wildman–Crippen LogP) is 4.28. The highest BCUT2D eigenvalue weighted by Crippen LogP contribution is 2.36. The van der Waals surface area contributed by atoms with E-state index >= 15 is 0 Å². The summed E-state index contributed by atoms with van der Waals surface area (Å²) in [6.07, 6.45) is -2.00. The number of rotatable bonds is 5. The molecule has 0 aliphatic heterocycles. The van der Waals surface area contributed by atoms with E-state index in [9.17, 15) is 18.0 Å². The van der Waals surface area contributed by atoms with Crippen LogP contribution in [0.4, 0.5) is 18.9 Å². The summed E-state index contributed by atoms with van der Waals surface area (Å²) in [7, 11) is 1.37. The average molecular weight is 353 g/mol. The summed E-state index contributed by atoms with van der Waals surface area (Å²) in [4.78, 5) is 12.0. The van der Waals surface area contributed by atoms with Crippen molar-refractivity contribution >= 4 is 11.6 Å². The van der Waals surface area contributed by atoms with Crippen LogP contribution >= 0.6 is 0 Å². The molecule has 1 heterocycles. The Morgan fingerprint density at radius 1 is 1.36 bits per heavy atom. The van der Waals surface area contributed by atoms with E-state index < -0.39 is 11.9 Å². The maximum Gasteiger partial charge on any atom is 0.435 e. The molecule has 1 aromatic heterocycles. The number of carbonyl (C=O) groups is 1. The fraction of sp³-hybridized carbons (Fsp3) is 0.412. The zero-order valence-electron chi connectivity index (χ0n) is 13.9. The lowest BCUT2D eigenvalue weighted by atomic mass is 10.2. The first-order chi connectivity index (χ1) is 11.7. The number of benzene rings is 1. The van der Waals surface area contributed by atoms with Gasteiger partial charge in [-0.2, -0.15) is 18.3 Å². The summed E-state index contributed by atoms with van der Waals surface area (Å²) >= 11 is 0. The third kappa shape index (κ3) is 4.32. The second kappa shape index (κ2) is 6.42. The van der Waals surface area contributed by atoms with Gasteiger partial charge in [-0.1, -0.05) is 6.07 Å². The second-order valence-corrected chi connectivity index (χ2v) is 6.29. The van der Waals surface area contributed by atoms with Gasteiger partial charge in [0.05, 0.1) is 5.69 Å². The van der Waals surface area contributed by atoms with Crippen molar-refractivity contribution in [2.24, 2.45) is 13.0 Å². The lowest BCUT2D eigenvalue weighted by molar-refractivity contribution is -0.141. The van der Waals surface area contributed by atoms with E-state index in [0.29, 0.717) is 18.0 Å². The van der Waals surface area contributed by atoms with Gasteiger partial charge in [-0.05, 0) is 43.4 Å². The standard InChI is InChI=1S/C17H18F3N3O2/c1-10-3-6-12(21-15(24)8-11-4-5-11)13(7-10)25-16-9-14(17(18,19)20)22-23(16)2/h3,6-7,9,11H,4-5,8H2,1-2H3,(H,21,24). The molecule has 1 aromatic carbocycles. The van der Waals surface area contributed by atoms with Crippen molar-refractivity contribution < 1.29 is 22.7 Å². The van der Waals surface area contributed by atoms with Crippen LogP contribution in [0.2, 0.25) is 0 Å². The molecule has 1 fully saturated rings. The largest absolute Gasteiger partial charge is 0.437 e. The highest BCUT2D eigenvalue weighted by Gasteiger charge is 2.35. The van der Waals surface area contributed by atoms with Crippen LogP contribution in [-0.2, 0) is 18.0 Å². The number of halogens is 3. The normalized spacial score (nSPS) is 14.4. The number of amides is 1. The van der Waals surface area contributed by atoms with Crippen molar-refractivity contribution in [1.29, 1.82) is 0 Å². The molecule has 25 heavy (non-hydrogen) atoms. The van der Waals surface area contributed by atoms with Crippen molar-refractivity contribution in [3.63, 3.8) is 0 Å². The number of hydrogen-bond acceptors (Lipinski definition) is 3. The Morgan fingerprint density at radius 3 is 2.68 bits per heavy atom. The van der Waals surface area contributed by atoms with Gasteiger partial charge in [0, 0.05) is 19.5 Å². The van der Waals surface area contributed by atoms with Crippen LogP contribution in [0.15, 0.2) is 24.3 Å². The summed E-state index contributed by atoms with van der Waals surface area (Å²) in [5, 5.41) is 6.19. The van der Waals surface area contributed by atoms with Crippen molar-refractivity contribution in [3.8, 4) is 11.6 Å². The molecule has 0 atom stereocenters. The molecule has 1 aliphatic rings. The van der Waals surface area contributed by atoms with Crippen LogP contribution in [0.5, 0.6) is 11.6 Å². The number of anilines is 1. The Labute approximate surface area is 142 Å². The Bertz CT molecular complexity index is 795. The van der Waals surface area contributed by atoms with Gasteiger partial charge < -0.3 is 10.1 Å². The third-order valence-corrected chi connectivity index (χ3v) is 3.92. The number of aryl methyl sites for hydroxylation is 2. The summed E-state index contributed by atoms with van der Waals surface area (Å²) in [6.45, 7) is 1.83. The van der Waals surface area contributed by atoms with Gasteiger partial charge in [-0.25, -0.2) is 4.68 Å². The molecule has 1 N–H and O–H groups in total. The average Bonchev–Trinajstić information content (AvgIpc) is 3.23. The SMILES string of the molecule is Cc1ccc(NC(=O)CC2CC2)c(Oc2cc(C(F)(F)F)nn2C)c1. The van der Waals surface area contributed by atoms with Gasteiger partial charge in [0.25, 0.3) is 0 Å². The fourth-order valence-electron chi connectivity index (χ4n) is 2.40. The zero-order valence-corrected chi connectivity index (χ0v) is 13.9. The second-order valence-electron chi connectivity index (χ2n) is 6.29. The van der Waals surface area contributed by atoms with Crippen molar-refractivity contribution in [3.05, 3.63) is 35.5 Å². The maximum absolute atomic E-state index is 12.8. The highest BCUT2D eigenvalue weighted by molar-refractivity contribution is 5.92. The number of nitrogens with zero attached hydrogens (tertiary/aromatic N) is 2. The number of ether oxygens (including phenoxy) is 1. The summed E-state index contributed by atoms with van der Waals surface area (Å²) in [5.74, 6) is 0.523. The molecule has 134 valence electrons. The van der Waals surface area contributed by atoms with Crippen LogP contribution in [0.25, 0.3) is 0 Å². The first kappa shape index (κ1) is 17.3. The summed E-state index contributed by atoms with van der Waals surface area (Å²) in [6, 6.07) is 5.96. The molecule has 3 rings (SSSR count). The van der Waals surface area contributed by atoms with Crippen LogP contribution in [-0.4, -0.2) is 15.7 Å². The highest BCUT2D eigenvalue weighted by atomic mass is 19.4. The number of nitrogens with one attached hydrogen (secondary N) is 1. The molecule has 1 aliphatic carbocycles. The van der Waals surface area contributed by atoms with Gasteiger partial charge in [-0.3, -0.25) is 4.79 Å².